The smallest absolute Gasteiger partial charge is 0.220 e. The summed E-state index contributed by atoms with van der Waals surface area (Å²) >= 11 is 0. The van der Waals surface area contributed by atoms with Crippen LogP contribution in [0.3, 0.4) is 0 Å². The lowest BCUT2D eigenvalue weighted by Gasteiger charge is -2.48. The first-order chi connectivity index (χ1) is 37.8. The fourth-order valence-corrected chi connectivity index (χ4v) is 10.1. The van der Waals surface area contributed by atoms with Crippen molar-refractivity contribution in [2.75, 3.05) is 26.4 Å². The number of ether oxygens (including phenoxy) is 6. The van der Waals surface area contributed by atoms with Crippen molar-refractivity contribution in [1.29, 1.82) is 0 Å². The summed E-state index contributed by atoms with van der Waals surface area (Å²) in [6.07, 6.45) is 18.6. The topological polar surface area (TPSA) is 307 Å². The normalized spacial score (nSPS) is 30.7. The van der Waals surface area contributed by atoms with Crippen LogP contribution in [0.25, 0.3) is 0 Å². The van der Waals surface area contributed by atoms with Crippen LogP contribution in [0.1, 0.15) is 200 Å². The molecule has 0 bridgehead atoms. The van der Waals surface area contributed by atoms with Gasteiger partial charge in [0.05, 0.1) is 38.6 Å². The van der Waals surface area contributed by atoms with Crippen molar-refractivity contribution in [1.82, 2.24) is 5.32 Å². The molecule has 0 radical (unpaired) electrons. The van der Waals surface area contributed by atoms with Crippen LogP contribution in [0.2, 0.25) is 0 Å². The molecule has 78 heavy (non-hydrogen) atoms. The lowest BCUT2D eigenvalue weighted by molar-refractivity contribution is -0.379. The minimum absolute atomic E-state index is 0.235. The third-order valence-corrected chi connectivity index (χ3v) is 15.2. The molecule has 19 nitrogen and oxygen atoms in total. The number of hydrogen-bond donors (Lipinski definition) is 12. The molecule has 17 unspecified atom stereocenters. The molecule has 3 saturated heterocycles. The Bertz CT molecular complexity index is 1570. The Balaban J connectivity index is 1.48. The zero-order chi connectivity index (χ0) is 56.9. The fourth-order valence-electron chi connectivity index (χ4n) is 10.1. The first-order valence-corrected chi connectivity index (χ1v) is 30.2. The largest absolute Gasteiger partial charge is 0.394 e. The highest BCUT2D eigenvalue weighted by Crippen LogP contribution is 2.33. The van der Waals surface area contributed by atoms with Crippen LogP contribution in [0, 0.1) is 0 Å². The van der Waals surface area contributed by atoms with Gasteiger partial charge in [-0.05, 0) is 38.5 Å². The fraction of sp³-hybridized carbons (Fsp3) is 0.881. The molecule has 456 valence electrons. The van der Waals surface area contributed by atoms with Crippen molar-refractivity contribution < 1.29 is 89.4 Å². The zero-order valence-electron chi connectivity index (χ0n) is 47.4. The molecule has 1 amide bonds. The predicted octanol–water partition coefficient (Wildman–Crippen LogP) is 5.32. The van der Waals surface area contributed by atoms with Crippen molar-refractivity contribution in [2.45, 2.75) is 304 Å². The summed E-state index contributed by atoms with van der Waals surface area (Å²) in [6, 6.07) is -0.992. The van der Waals surface area contributed by atoms with E-state index in [1.165, 1.54) is 122 Å². The molecular formula is C59H107NO18. The predicted molar refractivity (Wildman–Crippen MR) is 296 cm³/mol. The van der Waals surface area contributed by atoms with Gasteiger partial charge in [-0.3, -0.25) is 4.79 Å². The molecule has 0 saturated carbocycles. The molecule has 0 aromatic carbocycles. The van der Waals surface area contributed by atoms with Crippen LogP contribution in [0.5, 0.6) is 0 Å². The maximum absolute atomic E-state index is 13.3. The molecule has 0 aromatic heterocycles. The van der Waals surface area contributed by atoms with E-state index in [0.717, 1.165) is 44.9 Å². The van der Waals surface area contributed by atoms with Gasteiger partial charge in [-0.25, -0.2) is 0 Å². The number of carbonyl (C=O) groups is 1. The van der Waals surface area contributed by atoms with Gasteiger partial charge in [0.2, 0.25) is 5.91 Å². The molecule has 12 N–H and O–H groups in total. The van der Waals surface area contributed by atoms with E-state index in [0.29, 0.717) is 12.8 Å². The maximum atomic E-state index is 13.3. The number of amides is 1. The first-order valence-electron chi connectivity index (χ1n) is 30.2. The van der Waals surface area contributed by atoms with Gasteiger partial charge in [-0.1, -0.05) is 192 Å². The summed E-state index contributed by atoms with van der Waals surface area (Å²) in [6.45, 7) is 1.64. The highest BCUT2D eigenvalue weighted by molar-refractivity contribution is 5.76. The summed E-state index contributed by atoms with van der Waals surface area (Å²) in [4.78, 5) is 13.3. The number of allylic oxidation sites excluding steroid dienone is 5. The van der Waals surface area contributed by atoms with Gasteiger partial charge < -0.3 is 89.9 Å². The average molecular weight is 1120 g/mol. The Morgan fingerprint density at radius 3 is 1.27 bits per heavy atom. The highest BCUT2D eigenvalue weighted by Gasteiger charge is 2.53. The minimum Gasteiger partial charge on any atom is -0.394 e. The molecule has 3 heterocycles. The highest BCUT2D eigenvalue weighted by atomic mass is 16.8. The van der Waals surface area contributed by atoms with Crippen LogP contribution >= 0.6 is 0 Å². The van der Waals surface area contributed by atoms with Crippen molar-refractivity contribution in [3.8, 4) is 0 Å². The molecule has 19 heteroatoms. The van der Waals surface area contributed by atoms with E-state index in [4.69, 9.17) is 28.4 Å². The lowest BCUT2D eigenvalue weighted by atomic mass is 9.96. The summed E-state index contributed by atoms with van der Waals surface area (Å²) in [7, 11) is 0. The van der Waals surface area contributed by atoms with E-state index in [1.807, 2.05) is 6.08 Å². The molecule has 3 aliphatic heterocycles. The van der Waals surface area contributed by atoms with Gasteiger partial charge in [0, 0.05) is 6.42 Å². The Labute approximate surface area is 466 Å². The van der Waals surface area contributed by atoms with Crippen LogP contribution in [0.15, 0.2) is 36.5 Å². The standard InChI is InChI=1S/C59H107NO18/c1-3-5-7-9-11-13-15-17-18-19-20-21-22-23-24-25-27-29-31-33-35-37-47(65)60-42(43(64)36-34-32-30-28-26-16-14-12-10-8-6-4-2)41-73-57-53(71)50(68)55(45(39-62)75-57)78-59-54(72)51(69)56(46(40-63)76-59)77-58-52(70)49(67)48(66)44(38-61)74-58/h10,12,26,28,34,36,42-46,48-59,61-64,66-72H,3-9,11,13-25,27,29-33,35,37-41H2,1-2H3,(H,60,65)/b12-10+,28-26+,36-34+. The molecule has 3 rings (SSSR count). The number of unbranched alkanes of at least 4 members (excludes halogenated alkanes) is 24. The number of nitrogens with one attached hydrogen (secondary N) is 1. The maximum Gasteiger partial charge on any atom is 0.220 e. The second kappa shape index (κ2) is 42.8. The molecule has 0 spiro atoms. The van der Waals surface area contributed by atoms with Gasteiger partial charge in [0.1, 0.15) is 73.2 Å². The number of hydrogen-bond acceptors (Lipinski definition) is 18. The van der Waals surface area contributed by atoms with E-state index >= 15 is 0 Å². The molecule has 3 fully saturated rings. The van der Waals surface area contributed by atoms with Crippen LogP contribution in [-0.2, 0) is 33.2 Å². The zero-order valence-corrected chi connectivity index (χ0v) is 47.4. The Morgan fingerprint density at radius 1 is 0.449 bits per heavy atom. The van der Waals surface area contributed by atoms with E-state index in [1.54, 1.807) is 6.08 Å². The number of rotatable bonds is 44. The van der Waals surface area contributed by atoms with Crippen molar-refractivity contribution in [2.24, 2.45) is 0 Å². The monoisotopic (exact) mass is 1120 g/mol. The average Bonchev–Trinajstić information content (AvgIpc) is 3.46. The van der Waals surface area contributed by atoms with Crippen LogP contribution in [-0.4, -0.2) is 193 Å². The summed E-state index contributed by atoms with van der Waals surface area (Å²) in [5.41, 5.74) is 0. The molecular weight excluding hydrogens is 1010 g/mol. The van der Waals surface area contributed by atoms with Crippen molar-refractivity contribution in [3.63, 3.8) is 0 Å². The number of carbonyl (C=O) groups excluding carboxylic acids is 1. The van der Waals surface area contributed by atoms with E-state index in [9.17, 15) is 61.0 Å². The van der Waals surface area contributed by atoms with Gasteiger partial charge in [0.25, 0.3) is 0 Å². The third-order valence-electron chi connectivity index (χ3n) is 15.2. The SMILES string of the molecule is CCCC/C=C/CC/C=C/CC/C=C/C(O)C(COC1OC(CO)C(OC2OC(CO)C(OC3OC(CO)C(O)C(O)C3O)C(O)C2O)C(O)C1O)NC(=O)CCCCCCCCCCCCCCCCCCCCCCC. The van der Waals surface area contributed by atoms with E-state index in [2.05, 4.69) is 43.5 Å². The molecule has 0 aromatic rings. The van der Waals surface area contributed by atoms with Crippen LogP contribution < -0.4 is 5.32 Å². The van der Waals surface area contributed by atoms with Gasteiger partial charge in [-0.15, -0.1) is 0 Å². The molecule has 17 atom stereocenters. The molecule has 0 aliphatic carbocycles. The quantitative estimate of drug-likeness (QED) is 0.0271. The first kappa shape index (κ1) is 70.3. The minimum atomic E-state index is -1.98. The summed E-state index contributed by atoms with van der Waals surface area (Å²) in [5.74, 6) is -0.289. The van der Waals surface area contributed by atoms with Crippen molar-refractivity contribution in [3.05, 3.63) is 36.5 Å². The Kier molecular flexibility index (Phi) is 38.5. The van der Waals surface area contributed by atoms with Crippen molar-refractivity contribution >= 4 is 5.91 Å². The van der Waals surface area contributed by atoms with E-state index < -0.39 is 124 Å². The number of aliphatic hydroxyl groups excluding tert-OH is 11. The van der Waals surface area contributed by atoms with Gasteiger partial charge in [0.15, 0.2) is 18.9 Å². The molecule has 3 aliphatic rings. The Morgan fingerprint density at radius 2 is 0.821 bits per heavy atom. The second-order valence-corrected chi connectivity index (χ2v) is 21.8. The second-order valence-electron chi connectivity index (χ2n) is 21.8. The number of aliphatic hydroxyl groups is 11. The van der Waals surface area contributed by atoms with Crippen LogP contribution in [0.4, 0.5) is 0 Å². The van der Waals surface area contributed by atoms with Gasteiger partial charge in [-0.2, -0.15) is 0 Å². The third kappa shape index (κ3) is 26.5. The van der Waals surface area contributed by atoms with E-state index in [-0.39, 0.29) is 18.9 Å². The lowest BCUT2D eigenvalue weighted by Crippen LogP contribution is -2.66. The summed E-state index contributed by atoms with van der Waals surface area (Å²) < 4.78 is 34.2. The van der Waals surface area contributed by atoms with Gasteiger partial charge >= 0.3 is 0 Å². The Hall–Kier alpha value is -1.99. The summed E-state index contributed by atoms with van der Waals surface area (Å²) in [5, 5.41) is 120.